The molecule has 110 valence electrons. The summed E-state index contributed by atoms with van der Waals surface area (Å²) in [5.41, 5.74) is -1.94. The highest BCUT2D eigenvalue weighted by Gasteiger charge is 2.59. The molecule has 2 unspecified atom stereocenters. The van der Waals surface area contributed by atoms with Crippen molar-refractivity contribution >= 4 is 29.2 Å². The molecule has 3 nitrogen and oxygen atoms in total. The van der Waals surface area contributed by atoms with Gasteiger partial charge in [0.15, 0.2) is 0 Å². The van der Waals surface area contributed by atoms with E-state index < -0.39 is 30.1 Å². The Morgan fingerprint density at radius 2 is 2.05 bits per heavy atom. The molecule has 2 rings (SSSR count). The minimum atomic E-state index is -4.82. The Morgan fingerprint density at radius 1 is 1.45 bits per heavy atom. The van der Waals surface area contributed by atoms with Crippen molar-refractivity contribution in [1.29, 1.82) is 0 Å². The van der Waals surface area contributed by atoms with Crippen molar-refractivity contribution in [3.8, 4) is 5.75 Å². The van der Waals surface area contributed by atoms with Gasteiger partial charge in [-0.25, -0.2) is 0 Å². The first-order valence-electron chi connectivity index (χ1n) is 5.50. The summed E-state index contributed by atoms with van der Waals surface area (Å²) >= 11 is 11.6. The van der Waals surface area contributed by atoms with E-state index in [1.165, 1.54) is 12.1 Å². The van der Waals surface area contributed by atoms with Crippen LogP contribution in [0.3, 0.4) is 0 Å². The number of carboxylic acids is 1. The van der Waals surface area contributed by atoms with Crippen LogP contribution in [0.25, 0.3) is 0 Å². The largest absolute Gasteiger partial charge is 0.481 e. The second-order valence-corrected chi connectivity index (χ2v) is 5.65. The molecule has 0 bridgehead atoms. The number of hydrogen-bond donors (Lipinski definition) is 1. The van der Waals surface area contributed by atoms with Gasteiger partial charge in [-0.05, 0) is 25.5 Å². The van der Waals surface area contributed by atoms with Crippen LogP contribution in [-0.4, -0.2) is 23.4 Å². The molecule has 1 aliphatic rings. The normalized spacial score (nSPS) is 25.8. The molecule has 20 heavy (non-hydrogen) atoms. The van der Waals surface area contributed by atoms with Gasteiger partial charge in [0, 0.05) is 15.6 Å². The zero-order valence-corrected chi connectivity index (χ0v) is 11.6. The molecule has 0 saturated carbocycles. The number of alkyl halides is 3. The standard InChI is InChI=1S/C12H9Cl2F3O3/c1-11(10(18)19)4-6-7(14)2-5(13)3-8(6)20-9(11)12(15,16)17/h2-3,9H,4H2,1H3,(H,18,19). The molecule has 8 heteroatoms. The van der Waals surface area contributed by atoms with Crippen LogP contribution in [0.5, 0.6) is 5.75 Å². The van der Waals surface area contributed by atoms with E-state index in [-0.39, 0.29) is 21.4 Å². The lowest BCUT2D eigenvalue weighted by Gasteiger charge is -2.40. The monoisotopic (exact) mass is 328 g/mol. The summed E-state index contributed by atoms with van der Waals surface area (Å²) in [6, 6.07) is 2.53. The van der Waals surface area contributed by atoms with Gasteiger partial charge in [0.2, 0.25) is 6.10 Å². The van der Waals surface area contributed by atoms with E-state index in [4.69, 9.17) is 33.0 Å². The number of fused-ring (bicyclic) bond motifs is 1. The van der Waals surface area contributed by atoms with E-state index in [0.29, 0.717) is 0 Å². The fraction of sp³-hybridized carbons (Fsp3) is 0.417. The topological polar surface area (TPSA) is 46.5 Å². The van der Waals surface area contributed by atoms with Crippen molar-refractivity contribution < 1.29 is 27.8 Å². The number of rotatable bonds is 1. The first kappa shape index (κ1) is 15.3. The molecule has 0 fully saturated rings. The molecule has 1 aliphatic heterocycles. The number of hydrogen-bond acceptors (Lipinski definition) is 2. The van der Waals surface area contributed by atoms with Gasteiger partial charge in [0.25, 0.3) is 0 Å². The van der Waals surface area contributed by atoms with Crippen molar-refractivity contribution in [2.24, 2.45) is 5.41 Å². The van der Waals surface area contributed by atoms with Gasteiger partial charge in [-0.15, -0.1) is 0 Å². The Bertz CT molecular complexity index is 574. The SMILES string of the molecule is CC1(C(=O)O)Cc2c(Cl)cc(Cl)cc2OC1C(F)(F)F. The van der Waals surface area contributed by atoms with Crippen LogP contribution >= 0.6 is 23.2 Å². The van der Waals surface area contributed by atoms with Gasteiger partial charge < -0.3 is 9.84 Å². The zero-order valence-electron chi connectivity index (χ0n) is 10.1. The van der Waals surface area contributed by atoms with Gasteiger partial charge in [0.05, 0.1) is 0 Å². The van der Waals surface area contributed by atoms with Crippen LogP contribution in [0, 0.1) is 5.41 Å². The molecule has 0 radical (unpaired) electrons. The highest BCUT2D eigenvalue weighted by molar-refractivity contribution is 6.35. The quantitative estimate of drug-likeness (QED) is 0.849. The molecule has 0 saturated heterocycles. The average molecular weight is 329 g/mol. The minimum absolute atomic E-state index is 0.0839. The maximum atomic E-state index is 13.0. The third-order valence-corrected chi connectivity index (χ3v) is 3.83. The fourth-order valence-corrected chi connectivity index (χ4v) is 2.73. The molecule has 0 amide bonds. The molecular formula is C12H9Cl2F3O3. The van der Waals surface area contributed by atoms with E-state index in [9.17, 15) is 18.0 Å². The number of carbonyl (C=O) groups is 1. The van der Waals surface area contributed by atoms with Gasteiger partial charge in [-0.2, -0.15) is 13.2 Å². The van der Waals surface area contributed by atoms with Crippen molar-refractivity contribution in [3.05, 3.63) is 27.7 Å². The van der Waals surface area contributed by atoms with Crippen LogP contribution in [0.4, 0.5) is 13.2 Å². The van der Waals surface area contributed by atoms with Crippen molar-refractivity contribution in [2.45, 2.75) is 25.6 Å². The van der Waals surface area contributed by atoms with E-state index in [1.807, 2.05) is 0 Å². The van der Waals surface area contributed by atoms with E-state index in [1.54, 1.807) is 0 Å². The first-order valence-corrected chi connectivity index (χ1v) is 6.26. The number of aliphatic carboxylic acids is 1. The minimum Gasteiger partial charge on any atom is -0.481 e. The van der Waals surface area contributed by atoms with Crippen LogP contribution in [0.15, 0.2) is 12.1 Å². The molecule has 0 spiro atoms. The van der Waals surface area contributed by atoms with Crippen molar-refractivity contribution in [1.82, 2.24) is 0 Å². The van der Waals surface area contributed by atoms with Gasteiger partial charge in [-0.1, -0.05) is 23.2 Å². The lowest BCUT2D eigenvalue weighted by Crippen LogP contribution is -2.55. The summed E-state index contributed by atoms with van der Waals surface area (Å²) in [7, 11) is 0. The molecule has 1 aromatic rings. The smallest absolute Gasteiger partial charge is 0.426 e. The maximum absolute atomic E-state index is 13.0. The number of halogens is 5. The van der Waals surface area contributed by atoms with Crippen LogP contribution < -0.4 is 4.74 Å². The van der Waals surface area contributed by atoms with Gasteiger partial charge in [0.1, 0.15) is 11.2 Å². The summed E-state index contributed by atoms with van der Waals surface area (Å²) < 4.78 is 44.0. The second kappa shape index (κ2) is 4.70. The van der Waals surface area contributed by atoms with Crippen LogP contribution in [-0.2, 0) is 11.2 Å². The Balaban J connectivity index is 2.59. The Labute approximate surface area is 122 Å². The molecule has 1 N–H and O–H groups in total. The Hall–Kier alpha value is -1.14. The highest BCUT2D eigenvalue weighted by Crippen LogP contribution is 2.47. The Morgan fingerprint density at radius 3 is 2.55 bits per heavy atom. The molecular weight excluding hydrogens is 320 g/mol. The third kappa shape index (κ3) is 2.42. The number of ether oxygens (including phenoxy) is 1. The summed E-state index contributed by atoms with van der Waals surface area (Å²) in [5, 5.41) is 9.36. The second-order valence-electron chi connectivity index (χ2n) is 4.80. The summed E-state index contributed by atoms with van der Waals surface area (Å²) in [4.78, 5) is 11.3. The predicted molar refractivity (Wildman–Crippen MR) is 66.4 cm³/mol. The highest BCUT2D eigenvalue weighted by atomic mass is 35.5. The van der Waals surface area contributed by atoms with E-state index in [2.05, 4.69) is 0 Å². The lowest BCUT2D eigenvalue weighted by atomic mass is 9.76. The lowest BCUT2D eigenvalue weighted by molar-refractivity contribution is -0.234. The van der Waals surface area contributed by atoms with E-state index in [0.717, 1.165) is 6.92 Å². The number of carboxylic acid groups (broad SMARTS) is 1. The van der Waals surface area contributed by atoms with Gasteiger partial charge >= 0.3 is 12.1 Å². The maximum Gasteiger partial charge on any atom is 0.426 e. The zero-order chi connectivity index (χ0) is 15.3. The third-order valence-electron chi connectivity index (χ3n) is 3.27. The number of benzene rings is 1. The molecule has 1 heterocycles. The summed E-state index contributed by atoms with van der Waals surface area (Å²) in [5.74, 6) is -1.74. The first-order chi connectivity index (χ1) is 9.05. The summed E-state index contributed by atoms with van der Waals surface area (Å²) in [6.07, 6.45) is -7.67. The van der Waals surface area contributed by atoms with E-state index >= 15 is 0 Å². The summed E-state index contributed by atoms with van der Waals surface area (Å²) in [6.45, 7) is 0.987. The molecule has 1 aromatic carbocycles. The predicted octanol–water partition coefficient (Wildman–Crippen LogP) is 3.95. The average Bonchev–Trinajstić information content (AvgIpc) is 2.28. The molecule has 0 aliphatic carbocycles. The molecule has 0 aromatic heterocycles. The van der Waals surface area contributed by atoms with Crippen molar-refractivity contribution in [2.75, 3.05) is 0 Å². The Kier molecular flexibility index (Phi) is 3.59. The van der Waals surface area contributed by atoms with Gasteiger partial charge in [-0.3, -0.25) is 4.79 Å². The van der Waals surface area contributed by atoms with Crippen molar-refractivity contribution in [3.63, 3.8) is 0 Å². The molecule has 2 atom stereocenters. The van der Waals surface area contributed by atoms with Crippen LogP contribution in [0.1, 0.15) is 12.5 Å². The van der Waals surface area contributed by atoms with Crippen LogP contribution in [0.2, 0.25) is 10.0 Å². The fourth-order valence-electron chi connectivity index (χ4n) is 2.19.